The highest BCUT2D eigenvalue weighted by molar-refractivity contribution is 7.22. The lowest BCUT2D eigenvalue weighted by atomic mass is 10.1. The van der Waals surface area contributed by atoms with Gasteiger partial charge in [0.1, 0.15) is 17.7 Å². The highest BCUT2D eigenvalue weighted by Crippen LogP contribution is 2.42. The normalized spacial score (nSPS) is 15.6. The van der Waals surface area contributed by atoms with Crippen molar-refractivity contribution in [1.29, 1.82) is 0 Å². The lowest BCUT2D eigenvalue weighted by molar-refractivity contribution is 0.375. The van der Waals surface area contributed by atoms with Gasteiger partial charge in [0.05, 0.1) is 11.8 Å². The molecule has 0 spiro atoms. The van der Waals surface area contributed by atoms with Crippen LogP contribution < -0.4 is 10.1 Å². The van der Waals surface area contributed by atoms with Crippen LogP contribution in [0.25, 0.3) is 31.6 Å². The summed E-state index contributed by atoms with van der Waals surface area (Å²) in [7, 11) is 1.74. The quantitative estimate of drug-likeness (QED) is 0.568. The van der Waals surface area contributed by atoms with Crippen LogP contribution >= 0.6 is 11.3 Å². The Balaban J connectivity index is 1.70. The highest BCUT2D eigenvalue weighted by Gasteiger charge is 2.21. The lowest BCUT2D eigenvalue weighted by Crippen LogP contribution is -2.29. The predicted octanol–water partition coefficient (Wildman–Crippen LogP) is 4.55. The molecule has 0 atom stereocenters. The third kappa shape index (κ3) is 2.80. The topological polar surface area (TPSA) is 52.0 Å². The van der Waals surface area contributed by atoms with Gasteiger partial charge in [-0.3, -0.25) is 0 Å². The Bertz CT molecular complexity index is 1120. The minimum Gasteiger partial charge on any atom is -0.495 e. The molecule has 5 rings (SSSR count). The number of benzene rings is 1. The van der Waals surface area contributed by atoms with Gasteiger partial charge < -0.3 is 14.6 Å². The van der Waals surface area contributed by atoms with E-state index in [1.54, 1.807) is 24.8 Å². The van der Waals surface area contributed by atoms with Crippen molar-refractivity contribution in [3.8, 4) is 16.2 Å². The van der Waals surface area contributed by atoms with Gasteiger partial charge in [0.25, 0.3) is 0 Å². The third-order valence-electron chi connectivity index (χ3n) is 5.41. The molecule has 0 unspecified atom stereocenters. The molecule has 0 bridgehead atoms. The smallest absolute Gasteiger partial charge is 0.144 e. The number of methoxy groups -OCH3 is 1. The number of nitrogens with zero attached hydrogens (tertiary/aromatic N) is 3. The maximum Gasteiger partial charge on any atom is 0.144 e. The Morgan fingerprint density at radius 1 is 1.22 bits per heavy atom. The van der Waals surface area contributed by atoms with Crippen LogP contribution in [0.3, 0.4) is 0 Å². The Morgan fingerprint density at radius 3 is 2.89 bits per heavy atom. The Hall–Kier alpha value is -2.44. The van der Waals surface area contributed by atoms with E-state index >= 15 is 0 Å². The lowest BCUT2D eigenvalue weighted by Gasteiger charge is -2.24. The summed E-state index contributed by atoms with van der Waals surface area (Å²) in [6.07, 6.45) is 8.14. The minimum absolute atomic E-state index is 0.489. The van der Waals surface area contributed by atoms with E-state index in [4.69, 9.17) is 4.74 Å². The Labute approximate surface area is 162 Å². The van der Waals surface area contributed by atoms with Crippen LogP contribution in [0.4, 0.5) is 0 Å². The molecule has 4 heterocycles. The summed E-state index contributed by atoms with van der Waals surface area (Å²) in [4.78, 5) is 10.2. The number of rotatable bonds is 3. The van der Waals surface area contributed by atoms with Crippen molar-refractivity contribution in [2.45, 2.75) is 25.8 Å². The summed E-state index contributed by atoms with van der Waals surface area (Å²) in [6, 6.07) is 7.08. The fraction of sp³-hybridized carbons (Fsp3) is 0.333. The van der Waals surface area contributed by atoms with Crippen LogP contribution in [-0.2, 0) is 0 Å². The van der Waals surface area contributed by atoms with Crippen LogP contribution in [-0.4, -0.2) is 34.7 Å². The first-order chi connectivity index (χ1) is 13.2. The maximum absolute atomic E-state index is 5.62. The molecule has 27 heavy (non-hydrogen) atoms. The molecule has 4 aromatic rings. The van der Waals surface area contributed by atoms with Crippen molar-refractivity contribution >= 4 is 32.5 Å². The average Bonchev–Trinajstić information content (AvgIpc) is 3.29. The molecule has 1 N–H and O–H groups in total. The van der Waals surface area contributed by atoms with Gasteiger partial charge >= 0.3 is 0 Å². The van der Waals surface area contributed by atoms with Crippen molar-refractivity contribution in [2.24, 2.45) is 0 Å². The van der Waals surface area contributed by atoms with E-state index in [1.165, 1.54) is 26.1 Å². The first-order valence-corrected chi connectivity index (χ1v) is 10.2. The molecule has 0 aliphatic carbocycles. The van der Waals surface area contributed by atoms with Gasteiger partial charge in [-0.1, -0.05) is 6.07 Å². The van der Waals surface area contributed by atoms with Gasteiger partial charge in [-0.05, 0) is 55.9 Å². The standard InChI is InChI=1S/C21H22N4OS/c1-13-7-14-9-19(27-20(14)18(8-13)26-2)17-11-25(15-3-5-22-6-4-15)21-16(17)10-23-12-24-21/h7-12,15,22H,3-6H2,1-2H3. The van der Waals surface area contributed by atoms with Gasteiger partial charge in [-0.25, -0.2) is 9.97 Å². The molecule has 3 aromatic heterocycles. The van der Waals surface area contributed by atoms with Crippen LogP contribution in [0.2, 0.25) is 0 Å². The molecule has 1 aromatic carbocycles. The van der Waals surface area contributed by atoms with Crippen LogP contribution in [0.1, 0.15) is 24.4 Å². The van der Waals surface area contributed by atoms with E-state index in [0.717, 1.165) is 42.7 Å². The number of aromatic nitrogens is 3. The fourth-order valence-electron chi connectivity index (χ4n) is 4.10. The number of fused-ring (bicyclic) bond motifs is 2. The third-order valence-corrected chi connectivity index (χ3v) is 6.61. The molecule has 0 radical (unpaired) electrons. The summed E-state index contributed by atoms with van der Waals surface area (Å²) < 4.78 is 9.17. The highest BCUT2D eigenvalue weighted by atomic mass is 32.1. The van der Waals surface area contributed by atoms with Crippen LogP contribution in [0.15, 0.2) is 36.9 Å². The number of nitrogens with one attached hydrogen (secondary N) is 1. The molecule has 1 fully saturated rings. The molecular formula is C21H22N4OS. The van der Waals surface area contributed by atoms with Crippen LogP contribution in [0.5, 0.6) is 5.75 Å². The van der Waals surface area contributed by atoms with E-state index in [9.17, 15) is 0 Å². The number of ether oxygens (including phenoxy) is 1. The summed E-state index contributed by atoms with van der Waals surface area (Å²) >= 11 is 1.78. The molecule has 1 aliphatic rings. The van der Waals surface area contributed by atoms with Crippen molar-refractivity contribution in [3.63, 3.8) is 0 Å². The number of piperidine rings is 1. The molecule has 0 saturated carbocycles. The van der Waals surface area contributed by atoms with Gasteiger partial charge in [0.2, 0.25) is 0 Å². The maximum atomic E-state index is 5.62. The van der Waals surface area contributed by atoms with Crippen LogP contribution in [0, 0.1) is 6.92 Å². The number of thiophene rings is 1. The Morgan fingerprint density at radius 2 is 2.07 bits per heavy atom. The molecular weight excluding hydrogens is 356 g/mol. The molecule has 1 aliphatic heterocycles. The van der Waals surface area contributed by atoms with E-state index in [1.807, 2.05) is 6.20 Å². The molecule has 138 valence electrons. The minimum atomic E-state index is 0.489. The zero-order chi connectivity index (χ0) is 18.4. The molecule has 6 heteroatoms. The van der Waals surface area contributed by atoms with E-state index in [0.29, 0.717) is 6.04 Å². The second kappa shape index (κ2) is 6.62. The Kier molecular flexibility index (Phi) is 4.10. The van der Waals surface area contributed by atoms with Gasteiger partial charge in [-0.2, -0.15) is 0 Å². The van der Waals surface area contributed by atoms with Crippen molar-refractivity contribution < 1.29 is 4.74 Å². The van der Waals surface area contributed by atoms with E-state index < -0.39 is 0 Å². The van der Waals surface area contributed by atoms with Crippen molar-refractivity contribution in [1.82, 2.24) is 19.9 Å². The fourth-order valence-corrected chi connectivity index (χ4v) is 5.25. The zero-order valence-corrected chi connectivity index (χ0v) is 16.3. The van der Waals surface area contributed by atoms with Crippen molar-refractivity contribution in [3.05, 3.63) is 42.5 Å². The second-order valence-electron chi connectivity index (χ2n) is 7.19. The zero-order valence-electron chi connectivity index (χ0n) is 15.5. The molecule has 0 amide bonds. The molecule has 5 nitrogen and oxygen atoms in total. The SMILES string of the molecule is COc1cc(C)cc2cc(-c3cn(C4CCNCC4)c4ncncc34)sc12. The predicted molar refractivity (Wildman–Crippen MR) is 111 cm³/mol. The summed E-state index contributed by atoms with van der Waals surface area (Å²) in [6.45, 7) is 4.23. The number of aryl methyl sites for hydroxylation is 1. The first kappa shape index (κ1) is 16.7. The average molecular weight is 379 g/mol. The largest absolute Gasteiger partial charge is 0.495 e. The number of hydrogen-bond donors (Lipinski definition) is 1. The number of hydrogen-bond acceptors (Lipinski definition) is 5. The van der Waals surface area contributed by atoms with Gasteiger partial charge in [0.15, 0.2) is 0 Å². The second-order valence-corrected chi connectivity index (χ2v) is 8.24. The van der Waals surface area contributed by atoms with Gasteiger partial charge in [-0.15, -0.1) is 11.3 Å². The summed E-state index contributed by atoms with van der Waals surface area (Å²) in [5, 5.41) is 5.80. The monoisotopic (exact) mass is 378 g/mol. The molecule has 1 saturated heterocycles. The van der Waals surface area contributed by atoms with E-state index in [-0.39, 0.29) is 0 Å². The first-order valence-electron chi connectivity index (χ1n) is 9.34. The summed E-state index contributed by atoms with van der Waals surface area (Å²) in [5.74, 6) is 0.944. The van der Waals surface area contributed by atoms with Gasteiger partial charge in [0, 0.05) is 34.3 Å². The summed E-state index contributed by atoms with van der Waals surface area (Å²) in [5.41, 5.74) is 3.46. The van der Waals surface area contributed by atoms with E-state index in [2.05, 4.69) is 51.2 Å². The van der Waals surface area contributed by atoms with Crippen molar-refractivity contribution in [2.75, 3.05) is 20.2 Å².